The molecule has 0 saturated carbocycles. The van der Waals surface area contributed by atoms with Gasteiger partial charge >= 0.3 is 0 Å². The number of hydrogen-bond donors (Lipinski definition) is 2. The van der Waals surface area contributed by atoms with Crippen LogP contribution in [0.25, 0.3) is 0 Å². The molecule has 2 N–H and O–H groups in total. The van der Waals surface area contributed by atoms with Crippen molar-refractivity contribution < 1.29 is 13.9 Å². The van der Waals surface area contributed by atoms with E-state index >= 15 is 0 Å². The van der Waals surface area contributed by atoms with E-state index in [1.165, 1.54) is 6.07 Å². The monoisotopic (exact) mass is 439 g/mol. The third kappa shape index (κ3) is 5.15. The van der Waals surface area contributed by atoms with Gasteiger partial charge in [0.15, 0.2) is 16.6 Å². The van der Waals surface area contributed by atoms with Crippen molar-refractivity contribution in [2.45, 2.75) is 40.3 Å². The molecule has 1 atom stereocenters. The topological polar surface area (TPSA) is 66.3 Å². The Morgan fingerprint density at radius 1 is 1.13 bits per heavy atom. The van der Waals surface area contributed by atoms with E-state index in [0.29, 0.717) is 34.4 Å². The lowest BCUT2D eigenvalue weighted by atomic mass is 9.84. The third-order valence-electron chi connectivity index (χ3n) is 4.88. The quantitative estimate of drug-likeness (QED) is 0.607. The summed E-state index contributed by atoms with van der Waals surface area (Å²) in [6, 6.07) is 13.9. The molecule has 0 saturated heterocycles. The van der Waals surface area contributed by atoms with Crippen LogP contribution < -0.4 is 20.1 Å². The summed E-state index contributed by atoms with van der Waals surface area (Å²) >= 11 is 5.39. The summed E-state index contributed by atoms with van der Waals surface area (Å²) in [7, 11) is 0. The second-order valence-electron chi connectivity index (χ2n) is 8.20. The molecule has 0 aromatic heterocycles. The molecule has 31 heavy (non-hydrogen) atoms. The number of benzene rings is 2. The number of ether oxygens (including phenoxy) is 2. The number of nitrogens with zero attached hydrogens (tertiary/aromatic N) is 1. The van der Waals surface area contributed by atoms with Crippen LogP contribution in [0.2, 0.25) is 0 Å². The largest absolute Gasteiger partial charge is 0.490 e. The van der Waals surface area contributed by atoms with Gasteiger partial charge in [0.05, 0.1) is 24.3 Å². The van der Waals surface area contributed by atoms with Gasteiger partial charge in [-0.2, -0.15) is 5.26 Å². The van der Waals surface area contributed by atoms with Crippen LogP contribution in [0.15, 0.2) is 53.7 Å². The van der Waals surface area contributed by atoms with Crippen molar-refractivity contribution in [2.75, 3.05) is 6.61 Å². The lowest BCUT2D eigenvalue weighted by Crippen LogP contribution is -2.46. The van der Waals surface area contributed by atoms with E-state index in [4.69, 9.17) is 21.7 Å². The highest BCUT2D eigenvalue weighted by atomic mass is 32.1. The van der Waals surface area contributed by atoms with E-state index in [1.807, 2.05) is 39.8 Å². The first-order chi connectivity index (χ1) is 14.7. The molecule has 7 heteroatoms. The highest BCUT2D eigenvalue weighted by Gasteiger charge is 2.32. The van der Waals surface area contributed by atoms with E-state index in [0.717, 1.165) is 11.3 Å². The van der Waals surface area contributed by atoms with Crippen molar-refractivity contribution in [2.24, 2.45) is 5.41 Å². The van der Waals surface area contributed by atoms with E-state index in [9.17, 15) is 9.65 Å². The van der Waals surface area contributed by atoms with Crippen molar-refractivity contribution in [3.8, 4) is 17.6 Å². The van der Waals surface area contributed by atoms with E-state index in [-0.39, 0.29) is 17.8 Å². The number of rotatable bonds is 6. The predicted molar refractivity (Wildman–Crippen MR) is 122 cm³/mol. The lowest BCUT2D eigenvalue weighted by Gasteiger charge is -2.35. The Morgan fingerprint density at radius 2 is 1.87 bits per heavy atom. The Morgan fingerprint density at radius 3 is 2.52 bits per heavy atom. The molecule has 0 fully saturated rings. The Labute approximate surface area is 187 Å². The van der Waals surface area contributed by atoms with Crippen molar-refractivity contribution in [3.63, 3.8) is 0 Å². The van der Waals surface area contributed by atoms with Crippen LogP contribution in [0.3, 0.4) is 0 Å². The molecule has 0 spiro atoms. The maximum atomic E-state index is 13.9. The molecule has 0 aliphatic carbocycles. The number of allylic oxidation sites excluding steroid dienone is 1. The maximum Gasteiger partial charge on any atom is 0.171 e. The standard InChI is InChI=1S/C24H26FN3O2S/c1-5-29-20-12-15(10-11-19(20)30-14-16-8-6-7-9-18(16)25)21-17(13-26)22(24(2,3)4)28-23(31)27-21/h6-12,21H,5,14H2,1-4H3,(H2,27,28,31)/t21-/m0/s1. The summed E-state index contributed by atoms with van der Waals surface area (Å²) in [5, 5.41) is 16.7. The van der Waals surface area contributed by atoms with Crippen LogP contribution in [0.5, 0.6) is 11.5 Å². The minimum Gasteiger partial charge on any atom is -0.490 e. The number of nitrogens with one attached hydrogen (secondary N) is 2. The van der Waals surface area contributed by atoms with Crippen molar-refractivity contribution in [1.29, 1.82) is 5.26 Å². The lowest BCUT2D eigenvalue weighted by molar-refractivity contribution is 0.265. The van der Waals surface area contributed by atoms with Crippen LogP contribution in [0.4, 0.5) is 4.39 Å². The second kappa shape index (κ2) is 9.36. The molecule has 2 aromatic rings. The minimum atomic E-state index is -0.409. The zero-order valence-corrected chi connectivity index (χ0v) is 18.9. The molecule has 162 valence electrons. The first-order valence-corrected chi connectivity index (χ1v) is 10.5. The molecule has 2 aromatic carbocycles. The van der Waals surface area contributed by atoms with Gasteiger partial charge in [-0.15, -0.1) is 0 Å². The first-order valence-electron chi connectivity index (χ1n) is 10.1. The maximum absolute atomic E-state index is 13.9. The Bertz CT molecular complexity index is 1050. The zero-order valence-electron chi connectivity index (χ0n) is 18.1. The molecule has 5 nitrogen and oxygen atoms in total. The Balaban J connectivity index is 1.95. The molecular weight excluding hydrogens is 413 g/mol. The molecular formula is C24H26FN3O2S. The van der Waals surface area contributed by atoms with E-state index in [2.05, 4.69) is 16.7 Å². The smallest absolute Gasteiger partial charge is 0.171 e. The van der Waals surface area contributed by atoms with Crippen molar-refractivity contribution in [1.82, 2.24) is 10.6 Å². The molecule has 0 unspecified atom stereocenters. The number of halogens is 1. The average molecular weight is 440 g/mol. The van der Waals surface area contributed by atoms with Crippen molar-refractivity contribution >= 4 is 17.3 Å². The molecule has 0 amide bonds. The van der Waals surface area contributed by atoms with Gasteiger partial charge in [-0.05, 0) is 42.9 Å². The predicted octanol–water partition coefficient (Wildman–Crippen LogP) is 5.15. The van der Waals surface area contributed by atoms with Crippen LogP contribution >= 0.6 is 12.2 Å². The van der Waals surface area contributed by atoms with Gasteiger partial charge in [-0.25, -0.2) is 4.39 Å². The second-order valence-corrected chi connectivity index (χ2v) is 8.61. The van der Waals surface area contributed by atoms with E-state index < -0.39 is 6.04 Å². The van der Waals surface area contributed by atoms with Crippen LogP contribution in [0.1, 0.15) is 44.9 Å². The fourth-order valence-corrected chi connectivity index (χ4v) is 3.61. The molecule has 1 aliphatic rings. The Hall–Kier alpha value is -3.11. The van der Waals surface area contributed by atoms with Crippen molar-refractivity contribution in [3.05, 3.63) is 70.7 Å². The SMILES string of the molecule is CCOc1cc([C@@H]2NC(=S)NC(C(C)(C)C)=C2C#N)ccc1OCc1ccccc1F. The zero-order chi connectivity index (χ0) is 22.6. The Kier molecular flexibility index (Phi) is 6.81. The molecule has 1 aliphatic heterocycles. The van der Waals surface area contributed by atoms with Crippen LogP contribution in [-0.2, 0) is 6.61 Å². The molecule has 0 radical (unpaired) electrons. The highest BCUT2D eigenvalue weighted by molar-refractivity contribution is 7.80. The van der Waals surface area contributed by atoms with Crippen LogP contribution in [-0.4, -0.2) is 11.7 Å². The highest BCUT2D eigenvalue weighted by Crippen LogP contribution is 2.38. The summed E-state index contributed by atoms with van der Waals surface area (Å²) in [6.07, 6.45) is 0. The van der Waals surface area contributed by atoms with Gasteiger partial charge in [0.2, 0.25) is 0 Å². The fourth-order valence-electron chi connectivity index (χ4n) is 3.39. The van der Waals surface area contributed by atoms with Gasteiger partial charge in [-0.1, -0.05) is 45.0 Å². The van der Waals surface area contributed by atoms with Gasteiger partial charge in [0.1, 0.15) is 12.4 Å². The summed E-state index contributed by atoms with van der Waals surface area (Å²) in [4.78, 5) is 0. The summed E-state index contributed by atoms with van der Waals surface area (Å²) in [5.41, 5.74) is 2.37. The van der Waals surface area contributed by atoms with Gasteiger partial charge < -0.3 is 20.1 Å². The number of nitriles is 1. The molecule has 3 rings (SSSR count). The number of hydrogen-bond acceptors (Lipinski definition) is 4. The minimum absolute atomic E-state index is 0.0826. The molecule has 0 bridgehead atoms. The summed E-state index contributed by atoms with van der Waals surface area (Å²) < 4.78 is 25.6. The van der Waals surface area contributed by atoms with Crippen LogP contribution in [0, 0.1) is 22.6 Å². The normalized spacial score (nSPS) is 16.3. The summed E-state index contributed by atoms with van der Waals surface area (Å²) in [6.45, 7) is 8.49. The van der Waals surface area contributed by atoms with Gasteiger partial charge in [-0.3, -0.25) is 0 Å². The van der Waals surface area contributed by atoms with E-state index in [1.54, 1.807) is 24.3 Å². The average Bonchev–Trinajstić information content (AvgIpc) is 2.73. The number of thiocarbonyl (C=S) groups is 1. The molecule has 1 heterocycles. The summed E-state index contributed by atoms with van der Waals surface area (Å²) in [5.74, 6) is 0.712. The fraction of sp³-hybridized carbons (Fsp3) is 0.333. The first kappa shape index (κ1) is 22.6. The van der Waals surface area contributed by atoms with Gasteiger partial charge in [0.25, 0.3) is 0 Å². The van der Waals surface area contributed by atoms with Gasteiger partial charge in [0, 0.05) is 16.7 Å². The third-order valence-corrected chi connectivity index (χ3v) is 5.10.